The molecule has 3 rings (SSSR count). The van der Waals surface area contributed by atoms with Crippen LogP contribution in [0.25, 0.3) is 0 Å². The molecule has 0 aromatic heterocycles. The second-order valence-corrected chi connectivity index (χ2v) is 6.83. The van der Waals surface area contributed by atoms with Crippen LogP contribution in [-0.2, 0) is 4.79 Å². The highest BCUT2D eigenvalue weighted by Gasteiger charge is 2.46. The Morgan fingerprint density at radius 2 is 1.35 bits per heavy atom. The molecule has 3 aliphatic rings. The maximum absolute atomic E-state index is 12.6. The molecule has 2 nitrogen and oxygen atoms in total. The Morgan fingerprint density at radius 3 is 1.82 bits per heavy atom. The Balaban J connectivity index is 1.77. The number of carbonyl (C=O) groups excluding carboxylic acids is 1. The standard InChI is InChI=1S/C15H25NO/c1-9-3-5-13-11(7-9)15(17)12-8-10(2)4-6-14(12)16-13/h9-14,16H,3-8H2,1-2H3. The molecule has 6 unspecified atom stereocenters. The summed E-state index contributed by atoms with van der Waals surface area (Å²) < 4.78 is 0. The van der Waals surface area contributed by atoms with E-state index >= 15 is 0 Å². The summed E-state index contributed by atoms with van der Waals surface area (Å²) in [4.78, 5) is 12.6. The largest absolute Gasteiger partial charge is 0.310 e. The lowest BCUT2D eigenvalue weighted by Crippen LogP contribution is -2.60. The number of Topliss-reactive ketones (excluding diaryl/α,β-unsaturated/α-hetero) is 1. The van der Waals surface area contributed by atoms with Crippen LogP contribution in [0.1, 0.15) is 52.4 Å². The van der Waals surface area contributed by atoms with Crippen LogP contribution in [0.3, 0.4) is 0 Å². The van der Waals surface area contributed by atoms with E-state index in [0.717, 1.165) is 24.7 Å². The predicted octanol–water partition coefficient (Wildman–Crippen LogP) is 2.77. The number of fused-ring (bicyclic) bond motifs is 2. The Kier molecular flexibility index (Phi) is 3.02. The Morgan fingerprint density at radius 1 is 0.882 bits per heavy atom. The number of ketones is 1. The van der Waals surface area contributed by atoms with E-state index in [1.165, 1.54) is 25.7 Å². The number of hydrogen-bond donors (Lipinski definition) is 1. The third-order valence-electron chi connectivity index (χ3n) is 5.38. The lowest BCUT2D eigenvalue weighted by molar-refractivity contribution is -0.135. The first kappa shape index (κ1) is 11.7. The minimum atomic E-state index is 0.338. The molecule has 96 valence electrons. The van der Waals surface area contributed by atoms with Crippen molar-refractivity contribution in [3.05, 3.63) is 0 Å². The summed E-state index contributed by atoms with van der Waals surface area (Å²) in [6, 6.07) is 1.02. The molecule has 2 saturated carbocycles. The molecular weight excluding hydrogens is 210 g/mol. The van der Waals surface area contributed by atoms with Crippen molar-refractivity contribution >= 4 is 5.78 Å². The summed E-state index contributed by atoms with van der Waals surface area (Å²) in [5.41, 5.74) is 0. The average Bonchev–Trinajstić information content (AvgIpc) is 2.32. The van der Waals surface area contributed by atoms with E-state index in [1.807, 2.05) is 0 Å². The van der Waals surface area contributed by atoms with Gasteiger partial charge in [-0.05, 0) is 50.4 Å². The van der Waals surface area contributed by atoms with Crippen LogP contribution in [0.2, 0.25) is 0 Å². The van der Waals surface area contributed by atoms with Gasteiger partial charge in [0.05, 0.1) is 0 Å². The van der Waals surface area contributed by atoms with Crippen molar-refractivity contribution in [3.63, 3.8) is 0 Å². The highest BCUT2D eigenvalue weighted by molar-refractivity contribution is 5.86. The van der Waals surface area contributed by atoms with Crippen molar-refractivity contribution in [1.82, 2.24) is 5.32 Å². The lowest BCUT2D eigenvalue weighted by atomic mass is 9.65. The number of rotatable bonds is 0. The van der Waals surface area contributed by atoms with Crippen LogP contribution in [0.4, 0.5) is 0 Å². The van der Waals surface area contributed by atoms with Crippen molar-refractivity contribution < 1.29 is 4.79 Å². The van der Waals surface area contributed by atoms with Crippen molar-refractivity contribution in [2.24, 2.45) is 23.7 Å². The van der Waals surface area contributed by atoms with E-state index in [4.69, 9.17) is 0 Å². The molecule has 0 aromatic rings. The minimum absolute atomic E-state index is 0.338. The molecule has 0 aromatic carbocycles. The molecule has 0 amide bonds. The maximum Gasteiger partial charge on any atom is 0.142 e. The van der Waals surface area contributed by atoms with Crippen LogP contribution in [0.15, 0.2) is 0 Å². The first-order valence-electron chi connectivity index (χ1n) is 7.45. The van der Waals surface area contributed by atoms with Gasteiger partial charge in [-0.3, -0.25) is 4.79 Å². The van der Waals surface area contributed by atoms with Gasteiger partial charge in [0.15, 0.2) is 0 Å². The number of nitrogens with one attached hydrogen (secondary N) is 1. The monoisotopic (exact) mass is 235 g/mol. The smallest absolute Gasteiger partial charge is 0.142 e. The van der Waals surface area contributed by atoms with Crippen molar-refractivity contribution in [2.75, 3.05) is 0 Å². The van der Waals surface area contributed by atoms with Gasteiger partial charge in [0.25, 0.3) is 0 Å². The van der Waals surface area contributed by atoms with Crippen LogP contribution in [0, 0.1) is 23.7 Å². The average molecular weight is 235 g/mol. The highest BCUT2D eigenvalue weighted by Crippen LogP contribution is 2.40. The third kappa shape index (κ3) is 2.05. The van der Waals surface area contributed by atoms with Gasteiger partial charge in [0, 0.05) is 23.9 Å². The van der Waals surface area contributed by atoms with E-state index in [-0.39, 0.29) is 0 Å². The fourth-order valence-corrected chi connectivity index (χ4v) is 4.34. The van der Waals surface area contributed by atoms with Crippen molar-refractivity contribution in [1.29, 1.82) is 0 Å². The molecule has 0 radical (unpaired) electrons. The highest BCUT2D eigenvalue weighted by atomic mass is 16.1. The van der Waals surface area contributed by atoms with Crippen LogP contribution in [0.5, 0.6) is 0 Å². The zero-order chi connectivity index (χ0) is 12.0. The molecule has 0 spiro atoms. The van der Waals surface area contributed by atoms with Crippen LogP contribution in [-0.4, -0.2) is 17.9 Å². The molecule has 1 saturated heterocycles. The van der Waals surface area contributed by atoms with E-state index in [1.54, 1.807) is 0 Å². The normalized spacial score (nSPS) is 50.6. The van der Waals surface area contributed by atoms with Gasteiger partial charge in [0.1, 0.15) is 5.78 Å². The summed E-state index contributed by atoms with van der Waals surface area (Å²) in [5, 5.41) is 3.81. The van der Waals surface area contributed by atoms with E-state index in [2.05, 4.69) is 19.2 Å². The van der Waals surface area contributed by atoms with Gasteiger partial charge in [-0.2, -0.15) is 0 Å². The summed E-state index contributed by atoms with van der Waals surface area (Å²) in [7, 11) is 0. The zero-order valence-corrected chi connectivity index (χ0v) is 11.1. The van der Waals surface area contributed by atoms with Crippen LogP contribution < -0.4 is 5.32 Å². The Bertz CT molecular complexity index is 286. The molecule has 0 bridgehead atoms. The molecule has 1 heterocycles. The summed E-state index contributed by atoms with van der Waals surface area (Å²) in [5.74, 6) is 2.78. The fraction of sp³-hybridized carbons (Fsp3) is 0.933. The van der Waals surface area contributed by atoms with E-state index < -0.39 is 0 Å². The second kappa shape index (κ2) is 4.38. The van der Waals surface area contributed by atoms with Gasteiger partial charge in [0.2, 0.25) is 0 Å². The van der Waals surface area contributed by atoms with E-state index in [9.17, 15) is 4.79 Å². The number of carbonyl (C=O) groups is 1. The van der Waals surface area contributed by atoms with Gasteiger partial charge in [-0.25, -0.2) is 0 Å². The summed E-state index contributed by atoms with van der Waals surface area (Å²) in [6.07, 6.45) is 7.30. The molecule has 2 aliphatic carbocycles. The molecule has 1 N–H and O–H groups in total. The summed E-state index contributed by atoms with van der Waals surface area (Å²) in [6.45, 7) is 4.61. The lowest BCUT2D eigenvalue weighted by Gasteiger charge is -2.48. The quantitative estimate of drug-likeness (QED) is 0.699. The first-order valence-corrected chi connectivity index (χ1v) is 7.45. The molecule has 17 heavy (non-hydrogen) atoms. The topological polar surface area (TPSA) is 29.1 Å². The third-order valence-corrected chi connectivity index (χ3v) is 5.38. The number of piperidine rings is 1. The van der Waals surface area contributed by atoms with Crippen molar-refractivity contribution in [3.8, 4) is 0 Å². The Labute approximate surface area is 105 Å². The van der Waals surface area contributed by atoms with Gasteiger partial charge in [-0.1, -0.05) is 13.8 Å². The Hall–Kier alpha value is -0.370. The van der Waals surface area contributed by atoms with Crippen molar-refractivity contribution in [2.45, 2.75) is 64.5 Å². The molecule has 2 heteroatoms. The maximum atomic E-state index is 12.6. The zero-order valence-electron chi connectivity index (χ0n) is 11.1. The van der Waals surface area contributed by atoms with Gasteiger partial charge in [-0.15, -0.1) is 0 Å². The molecule has 6 atom stereocenters. The predicted molar refractivity (Wildman–Crippen MR) is 68.7 cm³/mol. The van der Waals surface area contributed by atoms with Crippen LogP contribution >= 0.6 is 0 Å². The SMILES string of the molecule is CC1CCC2NC3CCC(C)CC3C(=O)C2C1. The molecular formula is C15H25NO. The fourth-order valence-electron chi connectivity index (χ4n) is 4.34. The first-order chi connectivity index (χ1) is 8.15. The molecule has 3 fully saturated rings. The second-order valence-electron chi connectivity index (χ2n) is 6.83. The van der Waals surface area contributed by atoms with Gasteiger partial charge >= 0.3 is 0 Å². The van der Waals surface area contributed by atoms with Gasteiger partial charge < -0.3 is 5.32 Å². The summed E-state index contributed by atoms with van der Waals surface area (Å²) >= 11 is 0. The number of hydrogen-bond acceptors (Lipinski definition) is 2. The minimum Gasteiger partial charge on any atom is -0.310 e. The molecule has 1 aliphatic heterocycles. The van der Waals surface area contributed by atoms with E-state index in [0.29, 0.717) is 29.7 Å².